The van der Waals surface area contributed by atoms with Crippen LogP contribution in [0.4, 0.5) is 0 Å². The number of nitrogens with zero attached hydrogens (tertiary/aromatic N) is 1. The quantitative estimate of drug-likeness (QED) is 0.333. The van der Waals surface area contributed by atoms with Crippen LogP contribution in [-0.4, -0.2) is 67.3 Å². The topological polar surface area (TPSA) is 82.7 Å². The maximum Gasteiger partial charge on any atom is 0.232 e. The minimum atomic E-state index is -0.0866. The third-order valence-electron chi connectivity index (χ3n) is 15.0. The predicted molar refractivity (Wildman–Crippen MR) is 167 cm³/mol. The van der Waals surface area contributed by atoms with Crippen LogP contribution in [0.5, 0.6) is 0 Å². The molecule has 2 amide bonds. The number of carbonyl (C=O) groups excluding carboxylic acids is 2. The second-order valence-electron chi connectivity index (χ2n) is 17.1. The largest absolute Gasteiger partial charge is 0.357 e. The summed E-state index contributed by atoms with van der Waals surface area (Å²) in [5.41, 5.74) is 2.12. The highest BCUT2D eigenvalue weighted by Gasteiger charge is 2.68. The first-order chi connectivity index (χ1) is 20.6. The smallest absolute Gasteiger partial charge is 0.232 e. The molecule has 8 aliphatic rings. The lowest BCUT2D eigenvalue weighted by Crippen LogP contribution is -2.57. The fourth-order valence-electron chi connectivity index (χ4n) is 12.6. The van der Waals surface area contributed by atoms with E-state index in [1.807, 2.05) is 4.90 Å². The third-order valence-corrected chi connectivity index (χ3v) is 15.0. The van der Waals surface area contributed by atoms with Gasteiger partial charge in [0.15, 0.2) is 0 Å². The molecular weight excluding hydrogens is 536 g/mol. The molecule has 0 aromatic heterocycles. The molecule has 0 aromatic carbocycles. The number of carbonyl (C=O) groups is 2. The first kappa shape index (κ1) is 29.0. The Balaban J connectivity index is 0.910. The molecule has 7 fully saturated rings. The Bertz CT molecular complexity index is 1170. The number of hydrogen-bond acceptors (Lipinski definition) is 5. The maximum absolute atomic E-state index is 13.0. The summed E-state index contributed by atoms with van der Waals surface area (Å²) in [5, 5.41) is 10.6. The average Bonchev–Trinajstić information content (AvgIpc) is 3.71. The Morgan fingerprint density at radius 3 is 2.56 bits per heavy atom. The zero-order valence-corrected chi connectivity index (χ0v) is 27.1. The predicted octanol–water partition coefficient (Wildman–Crippen LogP) is 4.48. The van der Waals surface area contributed by atoms with Gasteiger partial charge in [-0.2, -0.15) is 0 Å². The SMILES string of the molecule is C[C@@H]1CC[C@@]2(NC1)O[C@H]1C[C@H]3[C@@H]4CC=C5C[C@@H](NC(=O)CC(=O)N6CC7CNCC7C6)CC[C@]5(C)[C@H]4CC[C@]3(C)[C@H]1[C@@H]2C. The average molecular weight is 593 g/mol. The first-order valence-electron chi connectivity index (χ1n) is 18.0. The van der Waals surface area contributed by atoms with Crippen LogP contribution in [0.1, 0.15) is 91.9 Å². The van der Waals surface area contributed by atoms with Gasteiger partial charge in [0.2, 0.25) is 11.8 Å². The minimum absolute atomic E-state index is 0.00328. The maximum atomic E-state index is 13.0. The molecule has 4 heterocycles. The highest BCUT2D eigenvalue weighted by atomic mass is 16.5. The molecule has 238 valence electrons. The van der Waals surface area contributed by atoms with E-state index < -0.39 is 0 Å². The van der Waals surface area contributed by atoms with Crippen molar-refractivity contribution in [1.82, 2.24) is 20.9 Å². The Hall–Kier alpha value is -1.44. The van der Waals surface area contributed by atoms with Crippen molar-refractivity contribution in [2.75, 3.05) is 32.7 Å². The Labute approximate surface area is 259 Å². The standard InChI is InChI=1S/C36H56N4O3/c1-21-7-12-36(38-16-21)22(2)33-30(43-36)14-29-27-6-5-25-13-26(8-10-34(25,3)28(27)9-11-35(29,33)4)39-31(41)15-32(42)40-19-23-17-37-18-24(23)20-40/h5,21-24,26-30,33,37-38H,6-20H2,1-4H3,(H,39,41)/t21-,22+,23?,24?,26+,27-,28+,29+,30+,33+,34+,35+,36-/m1/s1. The van der Waals surface area contributed by atoms with Gasteiger partial charge in [0.1, 0.15) is 12.1 Å². The summed E-state index contributed by atoms with van der Waals surface area (Å²) in [6, 6.07) is 0.161. The number of amides is 2. The number of fused-ring (bicyclic) bond motifs is 8. The molecule has 13 atom stereocenters. The van der Waals surface area contributed by atoms with Crippen LogP contribution >= 0.6 is 0 Å². The number of hydrogen-bond donors (Lipinski definition) is 3. The number of rotatable bonds is 3. The fourth-order valence-corrected chi connectivity index (χ4v) is 12.6. The minimum Gasteiger partial charge on any atom is -0.357 e. The van der Waals surface area contributed by atoms with Crippen LogP contribution in [0.25, 0.3) is 0 Å². The van der Waals surface area contributed by atoms with E-state index in [2.05, 4.69) is 49.7 Å². The van der Waals surface area contributed by atoms with Gasteiger partial charge < -0.3 is 20.3 Å². The van der Waals surface area contributed by atoms with Crippen molar-refractivity contribution in [3.05, 3.63) is 11.6 Å². The van der Waals surface area contributed by atoms with Crippen LogP contribution in [0.15, 0.2) is 11.6 Å². The highest BCUT2D eigenvalue weighted by molar-refractivity contribution is 5.97. The summed E-state index contributed by atoms with van der Waals surface area (Å²) < 4.78 is 7.08. The lowest BCUT2D eigenvalue weighted by Gasteiger charge is -2.58. The molecule has 43 heavy (non-hydrogen) atoms. The van der Waals surface area contributed by atoms with Crippen molar-refractivity contribution in [2.45, 2.75) is 110 Å². The summed E-state index contributed by atoms with van der Waals surface area (Å²) in [6.45, 7) is 14.8. The molecule has 2 unspecified atom stereocenters. The van der Waals surface area contributed by atoms with Gasteiger partial charge in [0, 0.05) is 44.7 Å². The van der Waals surface area contributed by atoms with Gasteiger partial charge in [0.05, 0.1) is 6.10 Å². The molecule has 4 aliphatic carbocycles. The van der Waals surface area contributed by atoms with Crippen LogP contribution in [0.3, 0.4) is 0 Å². The van der Waals surface area contributed by atoms with Crippen LogP contribution in [-0.2, 0) is 14.3 Å². The van der Waals surface area contributed by atoms with Crippen LogP contribution in [0, 0.1) is 58.2 Å². The van der Waals surface area contributed by atoms with Crippen molar-refractivity contribution in [3.63, 3.8) is 0 Å². The summed E-state index contributed by atoms with van der Waals surface area (Å²) in [4.78, 5) is 27.8. The summed E-state index contributed by atoms with van der Waals surface area (Å²) >= 11 is 0. The van der Waals surface area contributed by atoms with Gasteiger partial charge in [-0.1, -0.05) is 39.3 Å². The van der Waals surface area contributed by atoms with Crippen molar-refractivity contribution in [3.8, 4) is 0 Å². The van der Waals surface area contributed by atoms with E-state index in [0.29, 0.717) is 35.2 Å². The van der Waals surface area contributed by atoms with Gasteiger partial charge >= 0.3 is 0 Å². The van der Waals surface area contributed by atoms with Crippen LogP contribution in [0.2, 0.25) is 0 Å². The number of piperidine rings is 1. The number of likely N-dealkylation sites (tertiary alicyclic amines) is 1. The molecule has 3 saturated carbocycles. The van der Waals surface area contributed by atoms with E-state index in [9.17, 15) is 9.59 Å². The molecule has 3 N–H and O–H groups in total. The third kappa shape index (κ3) is 4.44. The molecule has 7 heteroatoms. The zero-order valence-electron chi connectivity index (χ0n) is 27.1. The summed E-state index contributed by atoms with van der Waals surface area (Å²) in [6.07, 6.45) is 13.7. The lowest BCUT2D eigenvalue weighted by atomic mass is 9.46. The molecule has 4 saturated heterocycles. The van der Waals surface area contributed by atoms with Gasteiger partial charge in [-0.25, -0.2) is 0 Å². The molecule has 1 spiro atoms. The first-order valence-corrected chi connectivity index (χ1v) is 18.0. The normalized spacial score (nSPS) is 51.7. The van der Waals surface area contributed by atoms with Gasteiger partial charge in [-0.15, -0.1) is 0 Å². The van der Waals surface area contributed by atoms with Gasteiger partial charge in [0.25, 0.3) is 0 Å². The molecule has 8 rings (SSSR count). The molecule has 0 radical (unpaired) electrons. The molecule has 7 nitrogen and oxygen atoms in total. The Morgan fingerprint density at radius 1 is 1.02 bits per heavy atom. The van der Waals surface area contributed by atoms with Crippen molar-refractivity contribution in [1.29, 1.82) is 0 Å². The zero-order chi connectivity index (χ0) is 29.7. The number of allylic oxidation sites excluding steroid dienone is 1. The number of nitrogens with one attached hydrogen (secondary N) is 3. The second-order valence-corrected chi connectivity index (χ2v) is 17.1. The fraction of sp³-hybridized carbons (Fsp3) is 0.889. The molecule has 4 aliphatic heterocycles. The molecule has 0 bridgehead atoms. The highest BCUT2D eigenvalue weighted by Crippen LogP contribution is 2.70. The van der Waals surface area contributed by atoms with E-state index in [4.69, 9.17) is 4.74 Å². The Morgan fingerprint density at radius 2 is 1.81 bits per heavy atom. The molecule has 0 aromatic rings. The number of ether oxygens (including phenoxy) is 1. The van der Waals surface area contributed by atoms with Crippen molar-refractivity contribution in [2.24, 2.45) is 58.2 Å². The van der Waals surface area contributed by atoms with Crippen LogP contribution < -0.4 is 16.0 Å². The van der Waals surface area contributed by atoms with E-state index in [-0.39, 0.29) is 35.4 Å². The Kier molecular flexibility index (Phi) is 6.94. The van der Waals surface area contributed by atoms with E-state index >= 15 is 0 Å². The monoisotopic (exact) mass is 592 g/mol. The van der Waals surface area contributed by atoms with Crippen molar-refractivity contribution >= 4 is 11.8 Å². The van der Waals surface area contributed by atoms with Crippen molar-refractivity contribution < 1.29 is 14.3 Å². The van der Waals surface area contributed by atoms with E-state index in [1.54, 1.807) is 5.57 Å². The summed E-state index contributed by atoms with van der Waals surface area (Å²) in [7, 11) is 0. The second kappa shape index (κ2) is 10.3. The molecular formula is C36H56N4O3. The van der Waals surface area contributed by atoms with E-state index in [1.165, 1.54) is 38.5 Å². The summed E-state index contributed by atoms with van der Waals surface area (Å²) in [5.74, 6) is 5.31. The van der Waals surface area contributed by atoms with E-state index in [0.717, 1.165) is 75.7 Å². The lowest BCUT2D eigenvalue weighted by molar-refractivity contribution is -0.135. The van der Waals surface area contributed by atoms with Gasteiger partial charge in [-0.05, 0) is 110 Å². The van der Waals surface area contributed by atoms with Gasteiger partial charge in [-0.3, -0.25) is 14.9 Å².